The molecule has 150 valence electrons. The monoisotopic (exact) mass is 434 g/mol. The standard InChI is InChI=1S/C21H17Cl2FN2O3/c1-11(12-6-4-3-5-7-12)29-21(27)19-17(23)15(25)10-16(26-19)13-8-9-14(22)20(28-2)18(13)24/h3-11H,1-2H3,(H2,25,26). The number of methoxy groups -OCH3 is 1. The summed E-state index contributed by atoms with van der Waals surface area (Å²) in [5.74, 6) is -1.64. The van der Waals surface area contributed by atoms with E-state index >= 15 is 0 Å². The summed E-state index contributed by atoms with van der Waals surface area (Å²) in [7, 11) is 1.30. The van der Waals surface area contributed by atoms with Crippen LogP contribution in [0.2, 0.25) is 10.0 Å². The number of halogens is 3. The molecule has 0 fully saturated rings. The van der Waals surface area contributed by atoms with Crippen LogP contribution in [0.1, 0.15) is 29.1 Å². The number of anilines is 1. The largest absolute Gasteiger partial charge is 0.492 e. The van der Waals surface area contributed by atoms with Crippen LogP contribution >= 0.6 is 23.2 Å². The maximum Gasteiger partial charge on any atom is 0.359 e. The Morgan fingerprint density at radius 3 is 2.52 bits per heavy atom. The molecule has 0 aliphatic rings. The van der Waals surface area contributed by atoms with E-state index in [1.54, 1.807) is 6.92 Å². The molecule has 1 aromatic heterocycles. The van der Waals surface area contributed by atoms with Crippen molar-refractivity contribution in [3.63, 3.8) is 0 Å². The lowest BCUT2D eigenvalue weighted by atomic mass is 10.1. The molecule has 8 heteroatoms. The molecule has 0 spiro atoms. The van der Waals surface area contributed by atoms with Crippen LogP contribution in [-0.4, -0.2) is 18.1 Å². The molecule has 0 amide bonds. The second kappa shape index (κ2) is 8.68. The first kappa shape index (κ1) is 20.9. The highest BCUT2D eigenvalue weighted by Gasteiger charge is 2.23. The maximum atomic E-state index is 14.8. The van der Waals surface area contributed by atoms with Gasteiger partial charge in [0.25, 0.3) is 0 Å². The molecule has 5 nitrogen and oxygen atoms in total. The third kappa shape index (κ3) is 4.28. The molecule has 0 saturated carbocycles. The Morgan fingerprint density at radius 1 is 1.17 bits per heavy atom. The lowest BCUT2D eigenvalue weighted by molar-refractivity contribution is 0.0331. The predicted molar refractivity (Wildman–Crippen MR) is 111 cm³/mol. The first-order valence-corrected chi connectivity index (χ1v) is 9.33. The van der Waals surface area contributed by atoms with Gasteiger partial charge in [-0.15, -0.1) is 0 Å². The first-order chi connectivity index (χ1) is 13.8. The Hall–Kier alpha value is -2.83. The van der Waals surface area contributed by atoms with Crippen molar-refractivity contribution >= 4 is 34.9 Å². The zero-order chi connectivity index (χ0) is 21.1. The van der Waals surface area contributed by atoms with Crippen LogP contribution in [-0.2, 0) is 4.74 Å². The lowest BCUT2D eigenvalue weighted by Gasteiger charge is -2.15. The molecule has 0 bridgehead atoms. The third-order valence-corrected chi connectivity index (χ3v) is 4.96. The Kier molecular flexibility index (Phi) is 6.25. The lowest BCUT2D eigenvalue weighted by Crippen LogP contribution is -2.13. The second-order valence-electron chi connectivity index (χ2n) is 6.16. The van der Waals surface area contributed by atoms with Gasteiger partial charge in [0.2, 0.25) is 0 Å². The number of aromatic nitrogens is 1. The van der Waals surface area contributed by atoms with Crippen LogP contribution in [0, 0.1) is 5.82 Å². The van der Waals surface area contributed by atoms with E-state index in [-0.39, 0.29) is 38.4 Å². The highest BCUT2D eigenvalue weighted by Crippen LogP contribution is 2.36. The molecule has 0 radical (unpaired) electrons. The molecule has 0 saturated heterocycles. The van der Waals surface area contributed by atoms with E-state index in [0.717, 1.165) is 5.56 Å². The zero-order valence-corrected chi connectivity index (χ0v) is 17.1. The molecular weight excluding hydrogens is 418 g/mol. The van der Waals surface area contributed by atoms with Crippen LogP contribution in [0.3, 0.4) is 0 Å². The average Bonchev–Trinajstić information content (AvgIpc) is 2.71. The van der Waals surface area contributed by atoms with Crippen molar-refractivity contribution in [2.24, 2.45) is 0 Å². The van der Waals surface area contributed by atoms with E-state index in [1.807, 2.05) is 30.3 Å². The molecule has 1 atom stereocenters. The first-order valence-electron chi connectivity index (χ1n) is 8.57. The van der Waals surface area contributed by atoms with Crippen molar-refractivity contribution in [2.75, 3.05) is 12.8 Å². The quantitative estimate of drug-likeness (QED) is 0.520. The highest BCUT2D eigenvalue weighted by molar-refractivity contribution is 6.35. The van der Waals surface area contributed by atoms with Gasteiger partial charge in [0, 0.05) is 5.56 Å². The minimum atomic E-state index is -0.777. The van der Waals surface area contributed by atoms with Gasteiger partial charge < -0.3 is 15.2 Å². The Bertz CT molecular complexity index is 1060. The molecule has 1 heterocycles. The van der Waals surface area contributed by atoms with Gasteiger partial charge in [-0.3, -0.25) is 0 Å². The van der Waals surface area contributed by atoms with E-state index < -0.39 is 17.9 Å². The summed E-state index contributed by atoms with van der Waals surface area (Å²) in [6, 6.07) is 13.4. The van der Waals surface area contributed by atoms with Gasteiger partial charge in [-0.1, -0.05) is 53.5 Å². The van der Waals surface area contributed by atoms with Crippen LogP contribution in [0.4, 0.5) is 10.1 Å². The Labute approximate surface area is 177 Å². The number of ether oxygens (including phenoxy) is 2. The fraction of sp³-hybridized carbons (Fsp3) is 0.143. The van der Waals surface area contributed by atoms with Gasteiger partial charge >= 0.3 is 5.97 Å². The SMILES string of the molecule is COc1c(Cl)ccc(-c2cc(N)c(Cl)c(C(=O)OC(C)c3ccccc3)n2)c1F. The number of carbonyl (C=O) groups excluding carboxylic acids is 1. The maximum absolute atomic E-state index is 14.8. The number of pyridine rings is 1. The Balaban J connectivity index is 1.99. The number of nitrogens with two attached hydrogens (primary N) is 1. The number of rotatable bonds is 5. The van der Waals surface area contributed by atoms with E-state index in [2.05, 4.69) is 4.98 Å². The van der Waals surface area contributed by atoms with Crippen molar-refractivity contribution in [1.82, 2.24) is 4.98 Å². The zero-order valence-electron chi connectivity index (χ0n) is 15.6. The van der Waals surface area contributed by atoms with Crippen LogP contribution in [0.5, 0.6) is 5.75 Å². The molecule has 3 aromatic rings. The number of benzene rings is 2. The van der Waals surface area contributed by atoms with Crippen molar-refractivity contribution in [2.45, 2.75) is 13.0 Å². The summed E-state index contributed by atoms with van der Waals surface area (Å²) in [4.78, 5) is 16.9. The van der Waals surface area contributed by atoms with E-state index in [9.17, 15) is 9.18 Å². The van der Waals surface area contributed by atoms with Gasteiger partial charge in [-0.2, -0.15) is 0 Å². The number of nitrogens with zero attached hydrogens (tertiary/aromatic N) is 1. The molecule has 0 aliphatic heterocycles. The van der Waals surface area contributed by atoms with Crippen molar-refractivity contribution in [3.8, 4) is 17.0 Å². The summed E-state index contributed by atoms with van der Waals surface area (Å²) in [5.41, 5.74) is 6.73. The number of hydrogen-bond acceptors (Lipinski definition) is 5. The topological polar surface area (TPSA) is 74.4 Å². The summed E-state index contributed by atoms with van der Waals surface area (Å²) < 4.78 is 25.2. The minimum absolute atomic E-state index is 0.0553. The third-order valence-electron chi connectivity index (χ3n) is 4.26. The van der Waals surface area contributed by atoms with E-state index in [1.165, 1.54) is 25.3 Å². The summed E-state index contributed by atoms with van der Waals surface area (Å²) in [6.07, 6.45) is -0.543. The molecular formula is C21H17Cl2FN2O3. The molecule has 2 N–H and O–H groups in total. The van der Waals surface area contributed by atoms with Crippen LogP contribution < -0.4 is 10.5 Å². The Morgan fingerprint density at radius 2 is 1.86 bits per heavy atom. The van der Waals surface area contributed by atoms with Crippen molar-refractivity contribution in [1.29, 1.82) is 0 Å². The number of hydrogen-bond donors (Lipinski definition) is 1. The molecule has 29 heavy (non-hydrogen) atoms. The number of nitrogen functional groups attached to an aromatic ring is 1. The molecule has 2 aromatic carbocycles. The molecule has 1 unspecified atom stereocenters. The number of esters is 1. The van der Waals surface area contributed by atoms with Gasteiger partial charge in [0.1, 0.15) is 6.10 Å². The fourth-order valence-electron chi connectivity index (χ4n) is 2.75. The van der Waals surface area contributed by atoms with E-state index in [4.69, 9.17) is 38.4 Å². The fourth-order valence-corrected chi connectivity index (χ4v) is 3.15. The normalized spacial score (nSPS) is 11.8. The van der Waals surface area contributed by atoms with Gasteiger partial charge in [0.15, 0.2) is 17.3 Å². The minimum Gasteiger partial charge on any atom is -0.492 e. The van der Waals surface area contributed by atoms with Crippen molar-refractivity contribution < 1.29 is 18.7 Å². The van der Waals surface area contributed by atoms with Gasteiger partial charge in [-0.25, -0.2) is 14.2 Å². The predicted octanol–water partition coefficient (Wildman–Crippen LogP) is 5.70. The number of carbonyl (C=O) groups is 1. The second-order valence-corrected chi connectivity index (χ2v) is 6.94. The van der Waals surface area contributed by atoms with Crippen molar-refractivity contribution in [3.05, 3.63) is 75.7 Å². The van der Waals surface area contributed by atoms with Gasteiger partial charge in [-0.05, 0) is 30.7 Å². The van der Waals surface area contributed by atoms with E-state index in [0.29, 0.717) is 0 Å². The smallest absolute Gasteiger partial charge is 0.359 e. The summed E-state index contributed by atoms with van der Waals surface area (Å²) >= 11 is 12.1. The highest BCUT2D eigenvalue weighted by atomic mass is 35.5. The summed E-state index contributed by atoms with van der Waals surface area (Å²) in [6.45, 7) is 1.72. The average molecular weight is 435 g/mol. The van der Waals surface area contributed by atoms with Crippen LogP contribution in [0.25, 0.3) is 11.3 Å². The summed E-state index contributed by atoms with van der Waals surface area (Å²) in [5, 5.41) is 0.0346. The van der Waals surface area contributed by atoms with Crippen LogP contribution in [0.15, 0.2) is 48.5 Å². The molecule has 0 aliphatic carbocycles. The molecule has 3 rings (SSSR count). The van der Waals surface area contributed by atoms with Gasteiger partial charge in [0.05, 0.1) is 28.5 Å².